The van der Waals surface area contributed by atoms with Gasteiger partial charge in [-0.1, -0.05) is 31.2 Å². The minimum Gasteiger partial charge on any atom is -0.352 e. The molecule has 23 heavy (non-hydrogen) atoms. The SMILES string of the molecule is CCCNC(=O)c1cccnc1-c1ccc(C(C)N(C)C)cc1. The van der Waals surface area contributed by atoms with E-state index in [1.54, 1.807) is 12.3 Å². The van der Waals surface area contributed by atoms with Crippen molar-refractivity contribution in [3.05, 3.63) is 53.7 Å². The van der Waals surface area contributed by atoms with E-state index < -0.39 is 0 Å². The molecule has 0 aliphatic heterocycles. The van der Waals surface area contributed by atoms with Crippen LogP contribution in [0, 0.1) is 0 Å². The minimum atomic E-state index is -0.0688. The molecule has 1 heterocycles. The number of hydrogen-bond donors (Lipinski definition) is 1. The highest BCUT2D eigenvalue weighted by molar-refractivity contribution is 5.99. The summed E-state index contributed by atoms with van der Waals surface area (Å²) in [5, 5.41) is 2.92. The Hall–Kier alpha value is -2.20. The van der Waals surface area contributed by atoms with E-state index in [0.717, 1.165) is 17.7 Å². The number of carbonyl (C=O) groups excluding carboxylic acids is 1. The molecule has 4 heteroatoms. The third kappa shape index (κ3) is 4.17. The molecule has 0 spiro atoms. The number of pyridine rings is 1. The van der Waals surface area contributed by atoms with Gasteiger partial charge in [-0.25, -0.2) is 0 Å². The maximum atomic E-state index is 12.3. The molecule has 0 saturated carbocycles. The van der Waals surface area contributed by atoms with Crippen LogP contribution in [0.1, 0.15) is 42.2 Å². The van der Waals surface area contributed by atoms with Crippen molar-refractivity contribution in [3.63, 3.8) is 0 Å². The summed E-state index contributed by atoms with van der Waals surface area (Å²) in [6.07, 6.45) is 2.64. The van der Waals surface area contributed by atoms with Crippen LogP contribution in [-0.2, 0) is 0 Å². The molecule has 0 aliphatic carbocycles. The van der Waals surface area contributed by atoms with E-state index in [1.807, 2.05) is 25.1 Å². The molecule has 1 unspecified atom stereocenters. The lowest BCUT2D eigenvalue weighted by Crippen LogP contribution is -2.24. The van der Waals surface area contributed by atoms with Gasteiger partial charge < -0.3 is 10.2 Å². The van der Waals surface area contributed by atoms with E-state index in [-0.39, 0.29) is 5.91 Å². The molecule has 0 bridgehead atoms. The summed E-state index contributed by atoms with van der Waals surface area (Å²) in [5.74, 6) is -0.0688. The molecular formula is C19H25N3O. The molecule has 2 aromatic rings. The first kappa shape index (κ1) is 17.2. The average Bonchev–Trinajstić information content (AvgIpc) is 2.59. The smallest absolute Gasteiger partial charge is 0.253 e. The Bertz CT molecular complexity index is 650. The lowest BCUT2D eigenvalue weighted by atomic mass is 10.0. The van der Waals surface area contributed by atoms with Gasteiger partial charge in [0.25, 0.3) is 5.91 Å². The largest absolute Gasteiger partial charge is 0.352 e. The Morgan fingerprint density at radius 2 is 1.91 bits per heavy atom. The van der Waals surface area contributed by atoms with Crippen LogP contribution in [0.15, 0.2) is 42.6 Å². The van der Waals surface area contributed by atoms with Crippen LogP contribution in [0.4, 0.5) is 0 Å². The monoisotopic (exact) mass is 311 g/mol. The number of hydrogen-bond acceptors (Lipinski definition) is 3. The normalized spacial score (nSPS) is 12.2. The lowest BCUT2D eigenvalue weighted by Gasteiger charge is -2.20. The van der Waals surface area contributed by atoms with Gasteiger partial charge in [0.05, 0.1) is 11.3 Å². The van der Waals surface area contributed by atoms with Crippen molar-refractivity contribution in [2.45, 2.75) is 26.3 Å². The molecule has 0 aliphatic rings. The fourth-order valence-electron chi connectivity index (χ4n) is 2.37. The first-order valence-electron chi connectivity index (χ1n) is 8.04. The zero-order valence-corrected chi connectivity index (χ0v) is 14.3. The Morgan fingerprint density at radius 1 is 1.22 bits per heavy atom. The third-order valence-corrected chi connectivity index (χ3v) is 4.03. The quantitative estimate of drug-likeness (QED) is 0.888. The van der Waals surface area contributed by atoms with Gasteiger partial charge in [-0.3, -0.25) is 9.78 Å². The molecule has 1 aromatic carbocycles. The van der Waals surface area contributed by atoms with Crippen LogP contribution in [0.2, 0.25) is 0 Å². The van der Waals surface area contributed by atoms with Crippen molar-refractivity contribution < 1.29 is 4.79 Å². The second-order valence-corrected chi connectivity index (χ2v) is 5.92. The van der Waals surface area contributed by atoms with E-state index in [4.69, 9.17) is 0 Å². The zero-order valence-electron chi connectivity index (χ0n) is 14.3. The van der Waals surface area contributed by atoms with Crippen LogP contribution in [0.5, 0.6) is 0 Å². The highest BCUT2D eigenvalue weighted by Crippen LogP contribution is 2.24. The van der Waals surface area contributed by atoms with Crippen LogP contribution in [0.25, 0.3) is 11.3 Å². The second-order valence-electron chi connectivity index (χ2n) is 5.92. The predicted octanol–water partition coefficient (Wildman–Crippen LogP) is 3.51. The van der Waals surface area contributed by atoms with Crippen LogP contribution in [0.3, 0.4) is 0 Å². The summed E-state index contributed by atoms with van der Waals surface area (Å²) < 4.78 is 0. The van der Waals surface area contributed by atoms with Gasteiger partial charge in [0.1, 0.15) is 0 Å². The first-order valence-corrected chi connectivity index (χ1v) is 8.04. The van der Waals surface area contributed by atoms with E-state index >= 15 is 0 Å². The van der Waals surface area contributed by atoms with Crippen molar-refractivity contribution in [2.24, 2.45) is 0 Å². The number of benzene rings is 1. The number of carbonyl (C=O) groups is 1. The Balaban J connectivity index is 2.30. The summed E-state index contributed by atoms with van der Waals surface area (Å²) in [7, 11) is 4.13. The lowest BCUT2D eigenvalue weighted by molar-refractivity contribution is 0.0954. The molecule has 0 saturated heterocycles. The second kappa shape index (κ2) is 7.88. The van der Waals surface area contributed by atoms with E-state index in [0.29, 0.717) is 18.2 Å². The van der Waals surface area contributed by atoms with Gasteiger partial charge in [0.15, 0.2) is 0 Å². The first-order chi connectivity index (χ1) is 11.0. The van der Waals surface area contributed by atoms with Gasteiger partial charge in [-0.15, -0.1) is 0 Å². The molecule has 0 fully saturated rings. The number of nitrogens with one attached hydrogen (secondary N) is 1. The Labute approximate surface area is 138 Å². The molecule has 1 N–H and O–H groups in total. The Kier molecular flexibility index (Phi) is 5.88. The minimum absolute atomic E-state index is 0.0688. The standard InChI is InChI=1S/C19H25N3O/c1-5-12-21-19(23)17-7-6-13-20-18(17)16-10-8-15(9-11-16)14(2)22(3)4/h6-11,13-14H,5,12H2,1-4H3,(H,21,23). The van der Waals surface area contributed by atoms with Gasteiger partial charge in [-0.2, -0.15) is 0 Å². The average molecular weight is 311 g/mol. The fraction of sp³-hybridized carbons (Fsp3) is 0.368. The maximum absolute atomic E-state index is 12.3. The van der Waals surface area contributed by atoms with Gasteiger partial charge in [0.2, 0.25) is 0 Å². The number of rotatable bonds is 6. The zero-order chi connectivity index (χ0) is 16.8. The summed E-state index contributed by atoms with van der Waals surface area (Å²) in [6, 6.07) is 12.2. The van der Waals surface area contributed by atoms with Crippen molar-refractivity contribution >= 4 is 5.91 Å². The molecule has 4 nitrogen and oxygen atoms in total. The van der Waals surface area contributed by atoms with Crippen molar-refractivity contribution in [3.8, 4) is 11.3 Å². The summed E-state index contributed by atoms with van der Waals surface area (Å²) in [5.41, 5.74) is 3.55. The summed E-state index contributed by atoms with van der Waals surface area (Å²) >= 11 is 0. The number of amides is 1. The van der Waals surface area contributed by atoms with Gasteiger partial charge >= 0.3 is 0 Å². The molecule has 1 aromatic heterocycles. The molecular weight excluding hydrogens is 286 g/mol. The molecule has 0 radical (unpaired) electrons. The van der Waals surface area contributed by atoms with E-state index in [9.17, 15) is 4.79 Å². The fourth-order valence-corrected chi connectivity index (χ4v) is 2.37. The van der Waals surface area contributed by atoms with Gasteiger partial charge in [-0.05, 0) is 45.1 Å². The number of nitrogens with zero attached hydrogens (tertiary/aromatic N) is 2. The van der Waals surface area contributed by atoms with Crippen LogP contribution in [-0.4, -0.2) is 36.4 Å². The number of aromatic nitrogens is 1. The van der Waals surface area contributed by atoms with Crippen molar-refractivity contribution in [2.75, 3.05) is 20.6 Å². The molecule has 1 amide bonds. The molecule has 2 rings (SSSR count). The topological polar surface area (TPSA) is 45.2 Å². The van der Waals surface area contributed by atoms with Crippen molar-refractivity contribution in [1.29, 1.82) is 0 Å². The Morgan fingerprint density at radius 3 is 2.52 bits per heavy atom. The molecule has 1 atom stereocenters. The highest BCUT2D eigenvalue weighted by atomic mass is 16.1. The maximum Gasteiger partial charge on any atom is 0.253 e. The molecule has 122 valence electrons. The van der Waals surface area contributed by atoms with E-state index in [1.165, 1.54) is 5.56 Å². The van der Waals surface area contributed by atoms with E-state index in [2.05, 4.69) is 48.4 Å². The summed E-state index contributed by atoms with van der Waals surface area (Å²) in [6.45, 7) is 4.88. The third-order valence-electron chi connectivity index (χ3n) is 4.03. The van der Waals surface area contributed by atoms with Crippen molar-refractivity contribution in [1.82, 2.24) is 15.2 Å². The highest BCUT2D eigenvalue weighted by Gasteiger charge is 2.14. The summed E-state index contributed by atoms with van der Waals surface area (Å²) in [4.78, 5) is 18.9. The predicted molar refractivity (Wildman–Crippen MR) is 94.4 cm³/mol. The van der Waals surface area contributed by atoms with Gasteiger partial charge in [0, 0.05) is 24.3 Å². The van der Waals surface area contributed by atoms with Crippen LogP contribution < -0.4 is 5.32 Å². The van der Waals surface area contributed by atoms with Crippen LogP contribution >= 0.6 is 0 Å².